The summed E-state index contributed by atoms with van der Waals surface area (Å²) in [5.41, 5.74) is 3.59. The molecule has 0 aliphatic heterocycles. The summed E-state index contributed by atoms with van der Waals surface area (Å²) in [5, 5.41) is 12.4. The van der Waals surface area contributed by atoms with Gasteiger partial charge in [0.2, 0.25) is 5.91 Å². The molecule has 0 saturated carbocycles. The molecule has 1 amide bonds. The Bertz CT molecular complexity index is 1190. The van der Waals surface area contributed by atoms with E-state index in [9.17, 15) is 4.79 Å². The second kappa shape index (κ2) is 10.1. The number of pyridine rings is 1. The van der Waals surface area contributed by atoms with Gasteiger partial charge < -0.3 is 10.1 Å². The Morgan fingerprint density at radius 1 is 1.03 bits per heavy atom. The molecule has 0 saturated heterocycles. The van der Waals surface area contributed by atoms with Crippen molar-refractivity contribution in [1.82, 2.24) is 19.7 Å². The van der Waals surface area contributed by atoms with Crippen molar-refractivity contribution < 1.29 is 9.53 Å². The van der Waals surface area contributed by atoms with Crippen molar-refractivity contribution >= 4 is 23.4 Å². The highest BCUT2D eigenvalue weighted by Gasteiger charge is 2.17. The molecule has 0 radical (unpaired) electrons. The van der Waals surface area contributed by atoms with Gasteiger partial charge in [-0.15, -0.1) is 10.2 Å². The van der Waals surface area contributed by atoms with Crippen molar-refractivity contribution in [1.29, 1.82) is 0 Å². The number of hydrogen-bond donors (Lipinski definition) is 1. The summed E-state index contributed by atoms with van der Waals surface area (Å²) in [4.78, 5) is 16.7. The zero-order chi connectivity index (χ0) is 22.3. The molecule has 4 rings (SSSR count). The molecular formula is C24H23N5O2S. The van der Waals surface area contributed by atoms with Crippen molar-refractivity contribution in [3.05, 3.63) is 78.6 Å². The van der Waals surface area contributed by atoms with Crippen LogP contribution in [0, 0.1) is 6.92 Å². The maximum Gasteiger partial charge on any atom is 0.234 e. The van der Waals surface area contributed by atoms with Crippen LogP contribution in [0.2, 0.25) is 0 Å². The fourth-order valence-electron chi connectivity index (χ4n) is 3.17. The van der Waals surface area contributed by atoms with E-state index < -0.39 is 0 Å². The molecule has 4 aromatic rings. The molecule has 2 aromatic heterocycles. The average Bonchev–Trinajstić information content (AvgIpc) is 3.24. The van der Waals surface area contributed by atoms with E-state index in [1.54, 1.807) is 12.4 Å². The lowest BCUT2D eigenvalue weighted by Gasteiger charge is -2.12. The molecule has 162 valence electrons. The summed E-state index contributed by atoms with van der Waals surface area (Å²) in [7, 11) is 0. The molecule has 0 aliphatic rings. The van der Waals surface area contributed by atoms with Crippen LogP contribution < -0.4 is 10.1 Å². The molecule has 0 atom stereocenters. The number of aromatic nitrogens is 4. The minimum absolute atomic E-state index is 0.101. The van der Waals surface area contributed by atoms with Crippen molar-refractivity contribution in [3.8, 4) is 22.8 Å². The molecule has 1 N–H and O–H groups in total. The van der Waals surface area contributed by atoms with Crippen molar-refractivity contribution in [2.75, 3.05) is 17.7 Å². The molecule has 0 bridgehead atoms. The standard InChI is InChI=1S/C24H23N5O2S/c1-3-31-20-10-8-19(9-11-20)29-23(18-12-14-25-15-13-18)27-28-24(29)32-16-22(30)26-21-7-5-4-6-17(21)2/h4-15H,3,16H2,1-2H3,(H,26,30). The van der Waals surface area contributed by atoms with Gasteiger partial charge in [-0.1, -0.05) is 30.0 Å². The number of amides is 1. The number of aryl methyl sites for hydroxylation is 1. The molecule has 2 aromatic carbocycles. The SMILES string of the molecule is CCOc1ccc(-n2c(SCC(=O)Nc3ccccc3C)nnc2-c2ccncc2)cc1. The minimum Gasteiger partial charge on any atom is -0.494 e. The maximum atomic E-state index is 12.6. The third-order valence-corrected chi connectivity index (χ3v) is 5.66. The first kappa shape index (κ1) is 21.6. The predicted molar refractivity (Wildman–Crippen MR) is 126 cm³/mol. The number of thioether (sulfide) groups is 1. The van der Waals surface area contributed by atoms with E-state index in [0.717, 1.165) is 28.3 Å². The van der Waals surface area contributed by atoms with Gasteiger partial charge in [0.05, 0.1) is 12.4 Å². The largest absolute Gasteiger partial charge is 0.494 e. The zero-order valence-corrected chi connectivity index (χ0v) is 18.7. The van der Waals surface area contributed by atoms with Gasteiger partial charge in [-0.05, 0) is 61.9 Å². The highest BCUT2D eigenvalue weighted by atomic mass is 32.2. The summed E-state index contributed by atoms with van der Waals surface area (Å²) in [5.74, 6) is 1.58. The Hall–Kier alpha value is -3.65. The number of hydrogen-bond acceptors (Lipinski definition) is 6. The Morgan fingerprint density at radius 2 is 1.78 bits per heavy atom. The molecule has 7 nitrogen and oxygen atoms in total. The first-order chi connectivity index (χ1) is 15.7. The third kappa shape index (κ3) is 4.97. The Kier molecular flexibility index (Phi) is 6.81. The van der Waals surface area contributed by atoms with Crippen LogP contribution in [0.5, 0.6) is 5.75 Å². The van der Waals surface area contributed by atoms with Gasteiger partial charge in [-0.3, -0.25) is 14.3 Å². The van der Waals surface area contributed by atoms with E-state index >= 15 is 0 Å². The highest BCUT2D eigenvalue weighted by Crippen LogP contribution is 2.29. The van der Waals surface area contributed by atoms with E-state index in [-0.39, 0.29) is 11.7 Å². The van der Waals surface area contributed by atoms with Crippen LogP contribution in [0.15, 0.2) is 78.2 Å². The third-order valence-electron chi connectivity index (χ3n) is 4.73. The lowest BCUT2D eigenvalue weighted by Crippen LogP contribution is -2.15. The molecule has 0 fully saturated rings. The van der Waals surface area contributed by atoms with E-state index in [0.29, 0.717) is 17.6 Å². The number of nitrogens with zero attached hydrogens (tertiary/aromatic N) is 4. The van der Waals surface area contributed by atoms with Crippen LogP contribution in [0.4, 0.5) is 5.69 Å². The predicted octanol–water partition coefficient (Wildman–Crippen LogP) is 4.77. The Morgan fingerprint density at radius 3 is 2.50 bits per heavy atom. The number of para-hydroxylation sites is 1. The monoisotopic (exact) mass is 445 g/mol. The number of rotatable bonds is 8. The molecule has 2 heterocycles. The molecule has 0 spiro atoms. The van der Waals surface area contributed by atoms with Crippen LogP contribution in [0.3, 0.4) is 0 Å². The number of anilines is 1. The Labute approximate surface area is 190 Å². The van der Waals surface area contributed by atoms with Crippen molar-refractivity contribution in [3.63, 3.8) is 0 Å². The second-order valence-corrected chi connectivity index (χ2v) is 7.90. The van der Waals surface area contributed by atoms with Crippen LogP contribution in [-0.2, 0) is 4.79 Å². The Balaban J connectivity index is 1.60. The maximum absolute atomic E-state index is 12.6. The summed E-state index contributed by atoms with van der Waals surface area (Å²) in [6.07, 6.45) is 3.43. The number of carbonyl (C=O) groups is 1. The first-order valence-electron chi connectivity index (χ1n) is 10.2. The van der Waals surface area contributed by atoms with Crippen LogP contribution >= 0.6 is 11.8 Å². The fraction of sp³-hybridized carbons (Fsp3) is 0.167. The van der Waals surface area contributed by atoms with Gasteiger partial charge in [0.1, 0.15) is 5.75 Å². The van der Waals surface area contributed by atoms with Gasteiger partial charge in [0, 0.05) is 29.3 Å². The lowest BCUT2D eigenvalue weighted by atomic mass is 10.2. The number of nitrogens with one attached hydrogen (secondary N) is 1. The number of ether oxygens (including phenoxy) is 1. The van der Waals surface area contributed by atoms with Gasteiger partial charge in [-0.2, -0.15) is 0 Å². The van der Waals surface area contributed by atoms with E-state index in [4.69, 9.17) is 4.74 Å². The molecule has 0 unspecified atom stereocenters. The van der Waals surface area contributed by atoms with Gasteiger partial charge >= 0.3 is 0 Å². The van der Waals surface area contributed by atoms with Crippen molar-refractivity contribution in [2.24, 2.45) is 0 Å². The topological polar surface area (TPSA) is 81.9 Å². The van der Waals surface area contributed by atoms with Crippen molar-refractivity contribution in [2.45, 2.75) is 19.0 Å². The molecule has 8 heteroatoms. The normalized spacial score (nSPS) is 10.7. The van der Waals surface area contributed by atoms with Crippen LogP contribution in [0.1, 0.15) is 12.5 Å². The average molecular weight is 446 g/mol. The zero-order valence-electron chi connectivity index (χ0n) is 17.9. The minimum atomic E-state index is -0.101. The summed E-state index contributed by atoms with van der Waals surface area (Å²) in [6, 6.07) is 19.2. The lowest BCUT2D eigenvalue weighted by molar-refractivity contribution is -0.113. The number of carbonyl (C=O) groups excluding carboxylic acids is 1. The van der Waals surface area contributed by atoms with Gasteiger partial charge in [-0.25, -0.2) is 0 Å². The molecule has 32 heavy (non-hydrogen) atoms. The molecule has 0 aliphatic carbocycles. The summed E-state index contributed by atoms with van der Waals surface area (Å²) >= 11 is 1.34. The quantitative estimate of drug-likeness (QED) is 0.394. The van der Waals surface area contributed by atoms with E-state index in [2.05, 4.69) is 20.5 Å². The molecular weight excluding hydrogens is 422 g/mol. The van der Waals surface area contributed by atoms with Crippen LogP contribution in [-0.4, -0.2) is 38.0 Å². The van der Waals surface area contributed by atoms with Crippen LogP contribution in [0.25, 0.3) is 17.1 Å². The van der Waals surface area contributed by atoms with Gasteiger partial charge in [0.15, 0.2) is 11.0 Å². The van der Waals surface area contributed by atoms with Gasteiger partial charge in [0.25, 0.3) is 0 Å². The number of benzene rings is 2. The highest BCUT2D eigenvalue weighted by molar-refractivity contribution is 7.99. The second-order valence-electron chi connectivity index (χ2n) is 6.96. The van der Waals surface area contributed by atoms with E-state index in [1.165, 1.54) is 11.8 Å². The summed E-state index contributed by atoms with van der Waals surface area (Å²) < 4.78 is 7.50. The summed E-state index contributed by atoms with van der Waals surface area (Å²) in [6.45, 7) is 4.52. The smallest absolute Gasteiger partial charge is 0.234 e. The fourth-order valence-corrected chi connectivity index (χ4v) is 3.92. The van der Waals surface area contributed by atoms with E-state index in [1.807, 2.05) is 79.1 Å². The first-order valence-corrected chi connectivity index (χ1v) is 11.2.